The van der Waals surface area contributed by atoms with Gasteiger partial charge in [-0.25, -0.2) is 0 Å². The monoisotopic (exact) mass is 379 g/mol. The molecule has 0 aliphatic rings. The summed E-state index contributed by atoms with van der Waals surface area (Å²) in [5.74, 6) is 2.48. The van der Waals surface area contributed by atoms with Gasteiger partial charge in [-0.15, -0.1) is 11.8 Å². The van der Waals surface area contributed by atoms with Gasteiger partial charge >= 0.3 is 0 Å². The SMILES string of the molecule is COc1ccc(Cl)cc1NC(=O)CSCCOc1c(C)cccc1C. The van der Waals surface area contributed by atoms with E-state index in [1.54, 1.807) is 25.3 Å². The number of thioether (sulfide) groups is 1. The first-order valence-electron chi connectivity index (χ1n) is 7.91. The summed E-state index contributed by atoms with van der Waals surface area (Å²) in [6, 6.07) is 11.2. The van der Waals surface area contributed by atoms with E-state index in [-0.39, 0.29) is 5.91 Å². The summed E-state index contributed by atoms with van der Waals surface area (Å²) in [7, 11) is 1.55. The number of anilines is 1. The smallest absolute Gasteiger partial charge is 0.234 e. The Labute approximate surface area is 157 Å². The predicted molar refractivity (Wildman–Crippen MR) is 105 cm³/mol. The number of rotatable bonds is 8. The van der Waals surface area contributed by atoms with Crippen LogP contribution in [0.2, 0.25) is 5.02 Å². The first kappa shape index (κ1) is 19.5. The van der Waals surface area contributed by atoms with Crippen molar-refractivity contribution in [3.63, 3.8) is 0 Å². The lowest BCUT2D eigenvalue weighted by atomic mass is 10.1. The average molecular weight is 380 g/mol. The molecule has 2 rings (SSSR count). The molecule has 4 nitrogen and oxygen atoms in total. The van der Waals surface area contributed by atoms with E-state index in [1.165, 1.54) is 11.8 Å². The van der Waals surface area contributed by atoms with Gasteiger partial charge in [0.15, 0.2) is 0 Å². The maximum absolute atomic E-state index is 12.1. The molecule has 0 spiro atoms. The standard InChI is InChI=1S/C19H22ClNO3S/c1-13-5-4-6-14(2)19(13)24-9-10-25-12-18(22)21-16-11-15(20)7-8-17(16)23-3/h4-8,11H,9-10,12H2,1-3H3,(H,21,22). The van der Waals surface area contributed by atoms with Gasteiger partial charge in [0.25, 0.3) is 0 Å². The fourth-order valence-electron chi connectivity index (χ4n) is 2.36. The summed E-state index contributed by atoms with van der Waals surface area (Å²) < 4.78 is 11.0. The van der Waals surface area contributed by atoms with Crippen LogP contribution in [0.15, 0.2) is 36.4 Å². The molecule has 0 radical (unpaired) electrons. The molecule has 134 valence electrons. The number of carbonyl (C=O) groups excluding carboxylic acids is 1. The number of halogens is 1. The molecule has 2 aromatic carbocycles. The lowest BCUT2D eigenvalue weighted by molar-refractivity contribution is -0.113. The maximum Gasteiger partial charge on any atom is 0.234 e. The second kappa shape index (κ2) is 9.59. The van der Waals surface area contributed by atoms with E-state index in [1.807, 2.05) is 32.0 Å². The van der Waals surface area contributed by atoms with Crippen molar-refractivity contribution in [1.29, 1.82) is 0 Å². The highest BCUT2D eigenvalue weighted by molar-refractivity contribution is 7.99. The van der Waals surface area contributed by atoms with Gasteiger partial charge in [-0.1, -0.05) is 29.8 Å². The zero-order valence-electron chi connectivity index (χ0n) is 14.6. The van der Waals surface area contributed by atoms with Crippen molar-refractivity contribution in [2.75, 3.05) is 30.5 Å². The second-order valence-corrected chi connectivity index (χ2v) is 7.06. The third kappa shape index (κ3) is 5.87. The van der Waals surface area contributed by atoms with Gasteiger partial charge < -0.3 is 14.8 Å². The van der Waals surface area contributed by atoms with Crippen molar-refractivity contribution in [2.24, 2.45) is 0 Å². The molecule has 0 saturated carbocycles. The molecule has 0 aliphatic carbocycles. The molecular formula is C19H22ClNO3S. The summed E-state index contributed by atoms with van der Waals surface area (Å²) in [6.07, 6.45) is 0. The Balaban J connectivity index is 1.75. The van der Waals surface area contributed by atoms with E-state index in [9.17, 15) is 4.79 Å². The number of carbonyl (C=O) groups is 1. The fourth-order valence-corrected chi connectivity index (χ4v) is 3.13. The van der Waals surface area contributed by atoms with Crippen LogP contribution in [0.3, 0.4) is 0 Å². The van der Waals surface area contributed by atoms with Crippen molar-refractivity contribution in [3.8, 4) is 11.5 Å². The Kier molecular flexibility index (Phi) is 7.47. The van der Waals surface area contributed by atoms with E-state index < -0.39 is 0 Å². The number of ether oxygens (including phenoxy) is 2. The zero-order chi connectivity index (χ0) is 18.2. The number of amides is 1. The summed E-state index contributed by atoms with van der Waals surface area (Å²) in [5, 5.41) is 3.37. The Morgan fingerprint density at radius 3 is 2.60 bits per heavy atom. The third-order valence-corrected chi connectivity index (χ3v) is 4.71. The highest BCUT2D eigenvalue weighted by atomic mass is 35.5. The van der Waals surface area contributed by atoms with Crippen molar-refractivity contribution in [1.82, 2.24) is 0 Å². The summed E-state index contributed by atoms with van der Waals surface area (Å²) in [4.78, 5) is 12.1. The molecule has 2 aromatic rings. The van der Waals surface area contributed by atoms with E-state index >= 15 is 0 Å². The van der Waals surface area contributed by atoms with Crippen LogP contribution in [0.5, 0.6) is 11.5 Å². The lowest BCUT2D eigenvalue weighted by Crippen LogP contribution is -2.16. The average Bonchev–Trinajstić information content (AvgIpc) is 2.57. The summed E-state index contributed by atoms with van der Waals surface area (Å²) in [6.45, 7) is 4.62. The predicted octanol–water partition coefficient (Wildman–Crippen LogP) is 4.72. The molecule has 0 bridgehead atoms. The second-order valence-electron chi connectivity index (χ2n) is 5.51. The Hall–Kier alpha value is -1.85. The van der Waals surface area contributed by atoms with Crippen LogP contribution in [0.4, 0.5) is 5.69 Å². The molecule has 0 aromatic heterocycles. The van der Waals surface area contributed by atoms with Gasteiger partial charge in [-0.2, -0.15) is 0 Å². The van der Waals surface area contributed by atoms with Crippen LogP contribution >= 0.6 is 23.4 Å². The van der Waals surface area contributed by atoms with Gasteiger partial charge in [-0.3, -0.25) is 4.79 Å². The third-order valence-electron chi connectivity index (χ3n) is 3.55. The Bertz CT molecular complexity index is 716. The Morgan fingerprint density at radius 1 is 1.20 bits per heavy atom. The molecule has 1 N–H and O–H groups in total. The number of para-hydroxylation sites is 1. The molecule has 0 heterocycles. The molecule has 0 unspecified atom stereocenters. The first-order valence-corrected chi connectivity index (χ1v) is 9.44. The molecular weight excluding hydrogens is 358 g/mol. The minimum absolute atomic E-state index is 0.0994. The van der Waals surface area contributed by atoms with Crippen molar-refractivity contribution >= 4 is 35.0 Å². The number of hydrogen-bond donors (Lipinski definition) is 1. The topological polar surface area (TPSA) is 47.6 Å². The van der Waals surface area contributed by atoms with Gasteiger partial charge in [0.2, 0.25) is 5.91 Å². The number of methoxy groups -OCH3 is 1. The van der Waals surface area contributed by atoms with Gasteiger partial charge in [0, 0.05) is 10.8 Å². The number of nitrogens with one attached hydrogen (secondary N) is 1. The van der Waals surface area contributed by atoms with Crippen LogP contribution in [0.1, 0.15) is 11.1 Å². The molecule has 25 heavy (non-hydrogen) atoms. The van der Waals surface area contributed by atoms with Gasteiger partial charge in [0.1, 0.15) is 11.5 Å². The largest absolute Gasteiger partial charge is 0.495 e. The number of aryl methyl sites for hydroxylation is 2. The molecule has 0 saturated heterocycles. The lowest BCUT2D eigenvalue weighted by Gasteiger charge is -2.12. The van der Waals surface area contributed by atoms with Crippen molar-refractivity contribution in [2.45, 2.75) is 13.8 Å². The molecule has 6 heteroatoms. The van der Waals surface area contributed by atoms with E-state index in [4.69, 9.17) is 21.1 Å². The van der Waals surface area contributed by atoms with E-state index in [2.05, 4.69) is 5.32 Å². The zero-order valence-corrected chi connectivity index (χ0v) is 16.2. The number of hydrogen-bond acceptors (Lipinski definition) is 4. The minimum Gasteiger partial charge on any atom is -0.495 e. The van der Waals surface area contributed by atoms with Crippen LogP contribution < -0.4 is 14.8 Å². The minimum atomic E-state index is -0.0994. The quantitative estimate of drug-likeness (QED) is 0.674. The van der Waals surface area contributed by atoms with Crippen LogP contribution in [0, 0.1) is 13.8 Å². The highest BCUT2D eigenvalue weighted by Crippen LogP contribution is 2.27. The Morgan fingerprint density at radius 2 is 1.92 bits per heavy atom. The maximum atomic E-state index is 12.1. The molecule has 0 fully saturated rings. The molecule has 0 atom stereocenters. The number of benzene rings is 2. The van der Waals surface area contributed by atoms with Crippen LogP contribution in [0.25, 0.3) is 0 Å². The van der Waals surface area contributed by atoms with Crippen LogP contribution in [-0.2, 0) is 4.79 Å². The normalized spacial score (nSPS) is 10.4. The van der Waals surface area contributed by atoms with Crippen molar-refractivity contribution < 1.29 is 14.3 Å². The molecule has 1 amide bonds. The summed E-state index contributed by atoms with van der Waals surface area (Å²) in [5.41, 5.74) is 2.82. The first-order chi connectivity index (χ1) is 12.0. The summed E-state index contributed by atoms with van der Waals surface area (Å²) >= 11 is 7.48. The van der Waals surface area contributed by atoms with Gasteiger partial charge in [0.05, 0.1) is 25.2 Å². The van der Waals surface area contributed by atoms with Crippen LogP contribution in [-0.4, -0.2) is 31.1 Å². The van der Waals surface area contributed by atoms with E-state index in [0.29, 0.717) is 28.8 Å². The van der Waals surface area contributed by atoms with E-state index in [0.717, 1.165) is 22.6 Å². The molecule has 0 aliphatic heterocycles. The highest BCUT2D eigenvalue weighted by Gasteiger charge is 2.09. The fraction of sp³-hybridized carbons (Fsp3) is 0.316. The van der Waals surface area contributed by atoms with Gasteiger partial charge in [-0.05, 0) is 43.2 Å². The van der Waals surface area contributed by atoms with Crippen molar-refractivity contribution in [3.05, 3.63) is 52.5 Å².